The van der Waals surface area contributed by atoms with E-state index in [1.54, 1.807) is 13.1 Å². The van der Waals surface area contributed by atoms with Crippen molar-refractivity contribution in [1.29, 1.82) is 0 Å². The Kier molecular flexibility index (Phi) is 2.93. The van der Waals surface area contributed by atoms with Gasteiger partial charge >= 0.3 is 0 Å². The van der Waals surface area contributed by atoms with Crippen molar-refractivity contribution in [2.75, 3.05) is 0 Å². The zero-order chi connectivity index (χ0) is 15.1. The molecule has 0 unspecified atom stereocenters. The third-order valence-corrected chi connectivity index (χ3v) is 4.24. The molecular formula is C13H10N6O2S. The minimum absolute atomic E-state index is 0.0936. The number of aryl methyl sites for hydroxylation is 1. The van der Waals surface area contributed by atoms with E-state index in [4.69, 9.17) is 4.52 Å². The maximum absolute atomic E-state index is 12.3. The quantitative estimate of drug-likeness (QED) is 0.526. The number of fused-ring (bicyclic) bond motifs is 3. The van der Waals surface area contributed by atoms with Crippen molar-refractivity contribution in [3.05, 3.63) is 46.8 Å². The molecule has 9 heteroatoms. The Labute approximate surface area is 127 Å². The summed E-state index contributed by atoms with van der Waals surface area (Å²) >= 11 is 1.42. The van der Waals surface area contributed by atoms with E-state index < -0.39 is 0 Å². The van der Waals surface area contributed by atoms with Crippen molar-refractivity contribution < 1.29 is 4.52 Å². The van der Waals surface area contributed by atoms with Gasteiger partial charge in [-0.15, -0.1) is 10.2 Å². The highest BCUT2D eigenvalue weighted by Gasteiger charge is 2.15. The lowest BCUT2D eigenvalue weighted by molar-refractivity contribution is 0.390. The molecule has 8 nitrogen and oxygen atoms in total. The van der Waals surface area contributed by atoms with E-state index in [9.17, 15) is 4.79 Å². The molecule has 3 heterocycles. The van der Waals surface area contributed by atoms with Crippen LogP contribution in [-0.2, 0) is 12.8 Å². The normalized spacial score (nSPS) is 11.5. The van der Waals surface area contributed by atoms with Crippen molar-refractivity contribution in [2.24, 2.45) is 7.05 Å². The van der Waals surface area contributed by atoms with Gasteiger partial charge in [0.1, 0.15) is 0 Å². The molecule has 0 aliphatic carbocycles. The fourth-order valence-electron chi connectivity index (χ4n) is 2.29. The number of aromatic nitrogens is 6. The topological polar surface area (TPSA) is 91.1 Å². The minimum Gasteiger partial charge on any atom is -0.339 e. The summed E-state index contributed by atoms with van der Waals surface area (Å²) in [6.07, 6.45) is 1.36. The van der Waals surface area contributed by atoms with Crippen molar-refractivity contribution >= 4 is 28.4 Å². The summed E-state index contributed by atoms with van der Waals surface area (Å²) in [5, 5.41) is 13.2. The fourth-order valence-corrected chi connectivity index (χ4v) is 3.08. The van der Waals surface area contributed by atoms with Gasteiger partial charge in [-0.3, -0.25) is 13.8 Å². The summed E-state index contributed by atoms with van der Waals surface area (Å²) in [5.74, 6) is 1.49. The lowest BCUT2D eigenvalue weighted by atomic mass is 10.2. The van der Waals surface area contributed by atoms with E-state index >= 15 is 0 Å². The lowest BCUT2D eigenvalue weighted by Gasteiger charge is -2.06. The number of para-hydroxylation sites is 1. The second-order valence-electron chi connectivity index (χ2n) is 4.62. The van der Waals surface area contributed by atoms with Gasteiger partial charge in [0.25, 0.3) is 5.56 Å². The highest BCUT2D eigenvalue weighted by atomic mass is 32.2. The first kappa shape index (κ1) is 13.0. The van der Waals surface area contributed by atoms with E-state index in [2.05, 4.69) is 20.3 Å². The molecule has 0 aliphatic rings. The Balaban J connectivity index is 1.91. The summed E-state index contributed by atoms with van der Waals surface area (Å²) in [4.78, 5) is 16.3. The van der Waals surface area contributed by atoms with Gasteiger partial charge in [-0.05, 0) is 12.1 Å². The average molecular weight is 314 g/mol. The second-order valence-corrected chi connectivity index (χ2v) is 5.57. The Morgan fingerprint density at radius 2 is 2.14 bits per heavy atom. The standard InChI is InChI=1S/C13H10N6O2S/c1-18-11(20)8-4-2-3-5-9(8)19-12(18)16-17-13(19)22-6-10-14-7-15-21-10/h2-5,7H,6H2,1H3. The Morgan fingerprint density at radius 1 is 1.27 bits per heavy atom. The fraction of sp³-hybridized carbons (Fsp3) is 0.154. The van der Waals surface area contributed by atoms with Crippen LogP contribution in [0.15, 0.2) is 45.1 Å². The van der Waals surface area contributed by atoms with Crippen LogP contribution < -0.4 is 5.56 Å². The van der Waals surface area contributed by atoms with Crippen LogP contribution in [0.3, 0.4) is 0 Å². The van der Waals surface area contributed by atoms with Gasteiger partial charge < -0.3 is 4.52 Å². The summed E-state index contributed by atoms with van der Waals surface area (Å²) in [6, 6.07) is 7.40. The zero-order valence-corrected chi connectivity index (χ0v) is 12.3. The molecule has 4 aromatic rings. The predicted octanol–water partition coefficient (Wildman–Crippen LogP) is 1.26. The van der Waals surface area contributed by atoms with Crippen LogP contribution in [0.2, 0.25) is 0 Å². The second kappa shape index (κ2) is 4.95. The third kappa shape index (κ3) is 1.90. The molecule has 0 aliphatic heterocycles. The van der Waals surface area contributed by atoms with Crippen LogP contribution in [0.5, 0.6) is 0 Å². The number of nitrogens with zero attached hydrogens (tertiary/aromatic N) is 6. The number of benzene rings is 1. The van der Waals surface area contributed by atoms with Gasteiger partial charge in [0, 0.05) is 7.05 Å². The average Bonchev–Trinajstić information content (AvgIpc) is 3.20. The van der Waals surface area contributed by atoms with Gasteiger partial charge in [-0.1, -0.05) is 29.1 Å². The number of rotatable bonds is 3. The maximum atomic E-state index is 12.3. The molecule has 4 rings (SSSR count). The molecule has 3 aromatic heterocycles. The third-order valence-electron chi connectivity index (χ3n) is 3.33. The minimum atomic E-state index is -0.0936. The van der Waals surface area contributed by atoms with Crippen LogP contribution >= 0.6 is 11.8 Å². The van der Waals surface area contributed by atoms with Gasteiger partial charge in [0.15, 0.2) is 11.5 Å². The zero-order valence-electron chi connectivity index (χ0n) is 11.5. The molecule has 1 aromatic carbocycles. The maximum Gasteiger partial charge on any atom is 0.262 e. The van der Waals surface area contributed by atoms with Gasteiger partial charge in [-0.25, -0.2) is 0 Å². The largest absolute Gasteiger partial charge is 0.339 e. The van der Waals surface area contributed by atoms with Gasteiger partial charge in [0.05, 0.1) is 16.7 Å². The molecule has 22 heavy (non-hydrogen) atoms. The highest BCUT2D eigenvalue weighted by Crippen LogP contribution is 2.23. The summed E-state index contributed by atoms with van der Waals surface area (Å²) in [5.41, 5.74) is 0.683. The van der Waals surface area contributed by atoms with Gasteiger partial charge in [-0.2, -0.15) is 4.98 Å². The van der Waals surface area contributed by atoms with E-state index in [-0.39, 0.29) is 5.56 Å². The lowest BCUT2D eigenvalue weighted by Crippen LogP contribution is -2.20. The van der Waals surface area contributed by atoms with Crippen molar-refractivity contribution in [1.82, 2.24) is 29.3 Å². The molecule has 0 atom stereocenters. The molecule has 0 spiro atoms. The first-order chi connectivity index (χ1) is 10.8. The molecule has 110 valence electrons. The molecule has 0 saturated heterocycles. The molecular weight excluding hydrogens is 304 g/mol. The van der Waals surface area contributed by atoms with Crippen molar-refractivity contribution in [3.8, 4) is 0 Å². The van der Waals surface area contributed by atoms with Crippen LogP contribution in [-0.4, -0.2) is 29.3 Å². The van der Waals surface area contributed by atoms with E-state index in [1.807, 2.05) is 22.6 Å². The Bertz CT molecular complexity index is 1020. The SMILES string of the molecule is Cn1c(=O)c2ccccc2n2c(SCc3ncno3)nnc12. The molecule has 0 radical (unpaired) electrons. The predicted molar refractivity (Wildman–Crippen MR) is 79.6 cm³/mol. The van der Waals surface area contributed by atoms with Crippen molar-refractivity contribution in [3.63, 3.8) is 0 Å². The van der Waals surface area contributed by atoms with Crippen LogP contribution in [0.1, 0.15) is 5.89 Å². The number of hydrogen-bond acceptors (Lipinski definition) is 7. The number of hydrogen-bond donors (Lipinski definition) is 0. The molecule has 0 N–H and O–H groups in total. The van der Waals surface area contributed by atoms with Crippen LogP contribution in [0.4, 0.5) is 0 Å². The summed E-state index contributed by atoms with van der Waals surface area (Å²) in [6.45, 7) is 0. The molecule has 0 amide bonds. The van der Waals surface area contributed by atoms with Gasteiger partial charge in [0.2, 0.25) is 11.7 Å². The number of thioether (sulfide) groups is 1. The Hall–Kier alpha value is -2.68. The highest BCUT2D eigenvalue weighted by molar-refractivity contribution is 7.98. The molecule has 0 saturated carbocycles. The first-order valence-corrected chi connectivity index (χ1v) is 7.45. The monoisotopic (exact) mass is 314 g/mol. The van der Waals surface area contributed by atoms with E-state index in [0.29, 0.717) is 28.0 Å². The van der Waals surface area contributed by atoms with Crippen LogP contribution in [0, 0.1) is 0 Å². The van der Waals surface area contributed by atoms with E-state index in [1.165, 1.54) is 22.7 Å². The summed E-state index contributed by atoms with van der Waals surface area (Å²) in [7, 11) is 1.69. The summed E-state index contributed by atoms with van der Waals surface area (Å²) < 4.78 is 8.33. The Morgan fingerprint density at radius 3 is 2.95 bits per heavy atom. The first-order valence-electron chi connectivity index (χ1n) is 6.47. The molecule has 0 fully saturated rings. The van der Waals surface area contributed by atoms with Crippen LogP contribution in [0.25, 0.3) is 16.7 Å². The molecule has 0 bridgehead atoms. The van der Waals surface area contributed by atoms with E-state index in [0.717, 1.165) is 5.52 Å². The smallest absolute Gasteiger partial charge is 0.262 e. The van der Waals surface area contributed by atoms with Crippen molar-refractivity contribution in [2.45, 2.75) is 10.9 Å².